The fourth-order valence-electron chi connectivity index (χ4n) is 2.13. The smallest absolute Gasteiger partial charge is 0.138 e. The van der Waals surface area contributed by atoms with Crippen molar-refractivity contribution in [2.75, 3.05) is 0 Å². The van der Waals surface area contributed by atoms with Crippen LogP contribution in [0.5, 0.6) is 0 Å². The third-order valence-corrected chi connectivity index (χ3v) is 3.12. The molecule has 0 fully saturated rings. The van der Waals surface area contributed by atoms with Crippen LogP contribution >= 0.6 is 0 Å². The van der Waals surface area contributed by atoms with Crippen LogP contribution < -0.4 is 0 Å². The Morgan fingerprint density at radius 2 is 2.10 bits per heavy atom. The number of benzene rings is 1. The largest absolute Gasteiger partial charge is 0.388 e. The zero-order valence-corrected chi connectivity index (χ0v) is 12.0. The Morgan fingerprint density at radius 3 is 2.75 bits per heavy atom. The zero-order chi connectivity index (χ0) is 14.7. The standard InChI is InChI=1S/C15H20FN3O/c1-10(2)8-19-15(17-9-18-19)7-14(20)12-5-4-11(3)6-13(12)16/h4-6,9-10,14,20H,7-8H2,1-3H3. The summed E-state index contributed by atoms with van der Waals surface area (Å²) in [4.78, 5) is 4.15. The predicted molar refractivity (Wildman–Crippen MR) is 74.7 cm³/mol. The van der Waals surface area contributed by atoms with Gasteiger partial charge in [-0.05, 0) is 24.5 Å². The van der Waals surface area contributed by atoms with Crippen molar-refractivity contribution in [2.45, 2.75) is 39.8 Å². The lowest BCUT2D eigenvalue weighted by molar-refractivity contribution is 0.168. The molecule has 2 rings (SSSR count). The van der Waals surface area contributed by atoms with E-state index in [4.69, 9.17) is 0 Å². The fraction of sp³-hybridized carbons (Fsp3) is 0.467. The van der Waals surface area contributed by atoms with E-state index in [1.165, 1.54) is 12.4 Å². The van der Waals surface area contributed by atoms with Crippen LogP contribution in [0, 0.1) is 18.7 Å². The second-order valence-corrected chi connectivity index (χ2v) is 5.50. The van der Waals surface area contributed by atoms with Crippen LogP contribution in [-0.4, -0.2) is 19.9 Å². The van der Waals surface area contributed by atoms with E-state index >= 15 is 0 Å². The lowest BCUT2D eigenvalue weighted by Gasteiger charge is -2.14. The summed E-state index contributed by atoms with van der Waals surface area (Å²) in [6, 6.07) is 4.84. The molecule has 0 radical (unpaired) electrons. The molecule has 4 nitrogen and oxygen atoms in total. The summed E-state index contributed by atoms with van der Waals surface area (Å²) >= 11 is 0. The van der Waals surface area contributed by atoms with Gasteiger partial charge in [0.2, 0.25) is 0 Å². The van der Waals surface area contributed by atoms with E-state index < -0.39 is 6.10 Å². The number of aromatic nitrogens is 3. The van der Waals surface area contributed by atoms with Crippen molar-refractivity contribution in [3.63, 3.8) is 0 Å². The lowest BCUT2D eigenvalue weighted by atomic mass is 10.0. The molecule has 1 unspecified atom stereocenters. The normalized spacial score (nSPS) is 12.9. The number of aliphatic hydroxyl groups is 1. The van der Waals surface area contributed by atoms with Crippen molar-refractivity contribution in [1.29, 1.82) is 0 Å². The van der Waals surface area contributed by atoms with Crippen molar-refractivity contribution in [3.05, 3.63) is 47.3 Å². The number of nitrogens with zero attached hydrogens (tertiary/aromatic N) is 3. The van der Waals surface area contributed by atoms with Gasteiger partial charge in [-0.1, -0.05) is 26.0 Å². The summed E-state index contributed by atoms with van der Waals surface area (Å²) in [7, 11) is 0. The maximum Gasteiger partial charge on any atom is 0.138 e. The molecule has 0 aliphatic heterocycles. The van der Waals surface area contributed by atoms with Gasteiger partial charge in [-0.3, -0.25) is 0 Å². The molecule has 108 valence electrons. The van der Waals surface area contributed by atoms with E-state index in [-0.39, 0.29) is 12.2 Å². The van der Waals surface area contributed by atoms with Gasteiger partial charge in [0.25, 0.3) is 0 Å². The van der Waals surface area contributed by atoms with Crippen molar-refractivity contribution in [3.8, 4) is 0 Å². The topological polar surface area (TPSA) is 50.9 Å². The third kappa shape index (κ3) is 3.42. The molecule has 1 heterocycles. The van der Waals surface area contributed by atoms with Crippen molar-refractivity contribution >= 4 is 0 Å². The van der Waals surface area contributed by atoms with E-state index in [0.717, 1.165) is 12.1 Å². The molecule has 2 aromatic rings. The molecule has 0 spiro atoms. The number of halogens is 1. The molecule has 1 atom stereocenters. The second-order valence-electron chi connectivity index (χ2n) is 5.50. The van der Waals surface area contributed by atoms with Crippen LogP contribution in [-0.2, 0) is 13.0 Å². The molecule has 0 amide bonds. The van der Waals surface area contributed by atoms with E-state index in [1.807, 2.05) is 6.92 Å². The second kappa shape index (κ2) is 6.13. The number of aliphatic hydroxyl groups excluding tert-OH is 1. The number of aryl methyl sites for hydroxylation is 1. The Bertz CT molecular complexity index is 580. The van der Waals surface area contributed by atoms with Crippen molar-refractivity contribution in [1.82, 2.24) is 14.8 Å². The van der Waals surface area contributed by atoms with Gasteiger partial charge < -0.3 is 5.11 Å². The molecular weight excluding hydrogens is 257 g/mol. The van der Waals surface area contributed by atoms with E-state index in [2.05, 4.69) is 23.9 Å². The first-order valence-corrected chi connectivity index (χ1v) is 6.78. The third-order valence-electron chi connectivity index (χ3n) is 3.12. The molecule has 20 heavy (non-hydrogen) atoms. The van der Waals surface area contributed by atoms with Gasteiger partial charge in [0.1, 0.15) is 18.0 Å². The summed E-state index contributed by atoms with van der Waals surface area (Å²) in [5.41, 5.74) is 1.14. The zero-order valence-electron chi connectivity index (χ0n) is 12.0. The van der Waals surface area contributed by atoms with E-state index in [0.29, 0.717) is 17.3 Å². The lowest BCUT2D eigenvalue weighted by Crippen LogP contribution is -2.14. The summed E-state index contributed by atoms with van der Waals surface area (Å²) in [5.74, 6) is 0.724. The molecule has 5 heteroatoms. The average Bonchev–Trinajstić information content (AvgIpc) is 2.75. The minimum absolute atomic E-state index is 0.257. The van der Waals surface area contributed by atoms with Gasteiger partial charge in [0.15, 0.2) is 0 Å². The van der Waals surface area contributed by atoms with E-state index in [9.17, 15) is 9.50 Å². The molecule has 0 saturated heterocycles. The first kappa shape index (κ1) is 14.7. The molecular formula is C15H20FN3O. The monoisotopic (exact) mass is 277 g/mol. The first-order chi connectivity index (χ1) is 9.47. The van der Waals surface area contributed by atoms with E-state index in [1.54, 1.807) is 16.8 Å². The summed E-state index contributed by atoms with van der Waals surface area (Å²) in [6.07, 6.45) is 0.813. The molecule has 0 bridgehead atoms. The molecule has 0 aliphatic rings. The maximum atomic E-state index is 13.8. The van der Waals surface area contributed by atoms with Gasteiger partial charge in [0, 0.05) is 18.5 Å². The summed E-state index contributed by atoms with van der Waals surface area (Å²) < 4.78 is 15.6. The van der Waals surface area contributed by atoms with Crippen LogP contribution in [0.25, 0.3) is 0 Å². The summed E-state index contributed by atoms with van der Waals surface area (Å²) in [5, 5.41) is 14.3. The number of hydrogen-bond acceptors (Lipinski definition) is 3. The van der Waals surface area contributed by atoms with Gasteiger partial charge in [-0.25, -0.2) is 14.1 Å². The molecule has 1 aromatic heterocycles. The van der Waals surface area contributed by atoms with Crippen LogP contribution in [0.15, 0.2) is 24.5 Å². The summed E-state index contributed by atoms with van der Waals surface area (Å²) in [6.45, 7) is 6.72. The first-order valence-electron chi connectivity index (χ1n) is 6.78. The van der Waals surface area contributed by atoms with Gasteiger partial charge >= 0.3 is 0 Å². The van der Waals surface area contributed by atoms with Gasteiger partial charge in [-0.15, -0.1) is 0 Å². The predicted octanol–water partition coefficient (Wildman–Crippen LogP) is 2.66. The van der Waals surface area contributed by atoms with Crippen molar-refractivity contribution < 1.29 is 9.50 Å². The highest BCUT2D eigenvalue weighted by Crippen LogP contribution is 2.21. The van der Waals surface area contributed by atoms with Crippen LogP contribution in [0.2, 0.25) is 0 Å². The Kier molecular flexibility index (Phi) is 4.49. The SMILES string of the molecule is Cc1ccc(C(O)Cc2ncnn2CC(C)C)c(F)c1. The Hall–Kier alpha value is -1.75. The van der Waals surface area contributed by atoms with Crippen LogP contribution in [0.4, 0.5) is 4.39 Å². The Morgan fingerprint density at radius 1 is 1.35 bits per heavy atom. The fourth-order valence-corrected chi connectivity index (χ4v) is 2.13. The average molecular weight is 277 g/mol. The number of hydrogen-bond donors (Lipinski definition) is 1. The van der Waals surface area contributed by atoms with Gasteiger partial charge in [-0.2, -0.15) is 5.10 Å². The highest BCUT2D eigenvalue weighted by Gasteiger charge is 2.17. The molecule has 1 aromatic carbocycles. The minimum Gasteiger partial charge on any atom is -0.388 e. The Labute approximate surface area is 118 Å². The highest BCUT2D eigenvalue weighted by molar-refractivity contribution is 5.25. The Balaban J connectivity index is 2.15. The molecule has 1 N–H and O–H groups in total. The highest BCUT2D eigenvalue weighted by atomic mass is 19.1. The number of rotatable bonds is 5. The molecule has 0 aliphatic carbocycles. The quantitative estimate of drug-likeness (QED) is 0.914. The van der Waals surface area contributed by atoms with Crippen molar-refractivity contribution in [2.24, 2.45) is 5.92 Å². The van der Waals surface area contributed by atoms with Gasteiger partial charge in [0.05, 0.1) is 6.10 Å². The van der Waals surface area contributed by atoms with Crippen LogP contribution in [0.3, 0.4) is 0 Å². The van der Waals surface area contributed by atoms with Crippen LogP contribution in [0.1, 0.15) is 36.9 Å². The maximum absolute atomic E-state index is 13.8. The minimum atomic E-state index is -0.911. The molecule has 0 saturated carbocycles.